The Morgan fingerprint density at radius 1 is 1.06 bits per heavy atom. The van der Waals surface area contributed by atoms with E-state index in [1.165, 1.54) is 5.56 Å². The lowest BCUT2D eigenvalue weighted by Gasteiger charge is -2.39. The SMILES string of the molecule is CN1CC2(CCN(C(=O)CCCc3ccccc3)CC2)CC1c1noc(-c2ccccc2)n1. The molecule has 6 nitrogen and oxygen atoms in total. The summed E-state index contributed by atoms with van der Waals surface area (Å²) in [7, 11) is 2.15. The number of hydrogen-bond donors (Lipinski definition) is 0. The van der Waals surface area contributed by atoms with Crippen LogP contribution in [0, 0.1) is 5.41 Å². The molecule has 2 aromatic carbocycles. The zero-order chi connectivity index (χ0) is 22.7. The van der Waals surface area contributed by atoms with Gasteiger partial charge in [0.1, 0.15) is 0 Å². The largest absolute Gasteiger partial charge is 0.343 e. The van der Waals surface area contributed by atoms with Gasteiger partial charge in [0.05, 0.1) is 6.04 Å². The van der Waals surface area contributed by atoms with Crippen LogP contribution in [0.1, 0.15) is 49.5 Å². The van der Waals surface area contributed by atoms with E-state index in [2.05, 4.69) is 46.3 Å². The molecule has 0 bridgehead atoms. The van der Waals surface area contributed by atoms with Gasteiger partial charge < -0.3 is 9.42 Å². The molecule has 0 radical (unpaired) electrons. The van der Waals surface area contributed by atoms with Crippen LogP contribution in [0.2, 0.25) is 0 Å². The molecule has 3 aromatic rings. The Balaban J connectivity index is 1.14. The zero-order valence-electron chi connectivity index (χ0n) is 19.3. The lowest BCUT2D eigenvalue weighted by atomic mass is 9.76. The van der Waals surface area contributed by atoms with Crippen LogP contribution in [-0.4, -0.2) is 52.5 Å². The molecule has 1 unspecified atom stereocenters. The lowest BCUT2D eigenvalue weighted by molar-refractivity contribution is -0.133. The smallest absolute Gasteiger partial charge is 0.257 e. The fraction of sp³-hybridized carbons (Fsp3) is 0.444. The number of carbonyl (C=O) groups excluding carboxylic acids is 1. The van der Waals surface area contributed by atoms with E-state index in [0.717, 1.165) is 63.1 Å². The minimum absolute atomic E-state index is 0.166. The first-order valence-corrected chi connectivity index (χ1v) is 12.0. The quantitative estimate of drug-likeness (QED) is 0.549. The number of benzene rings is 2. The predicted molar refractivity (Wildman–Crippen MR) is 127 cm³/mol. The summed E-state index contributed by atoms with van der Waals surface area (Å²) in [5.74, 6) is 1.65. The fourth-order valence-electron chi connectivity index (χ4n) is 5.47. The van der Waals surface area contributed by atoms with Crippen LogP contribution in [0.25, 0.3) is 11.5 Å². The molecule has 33 heavy (non-hydrogen) atoms. The molecular weight excluding hydrogens is 412 g/mol. The van der Waals surface area contributed by atoms with Gasteiger partial charge in [0, 0.05) is 31.6 Å². The van der Waals surface area contributed by atoms with Gasteiger partial charge in [-0.1, -0.05) is 53.7 Å². The summed E-state index contributed by atoms with van der Waals surface area (Å²) >= 11 is 0. The van der Waals surface area contributed by atoms with Gasteiger partial charge >= 0.3 is 0 Å². The first kappa shape index (κ1) is 21.8. The second-order valence-electron chi connectivity index (χ2n) is 9.68. The van der Waals surface area contributed by atoms with E-state index >= 15 is 0 Å². The van der Waals surface area contributed by atoms with Crippen molar-refractivity contribution in [2.45, 2.75) is 44.6 Å². The van der Waals surface area contributed by atoms with Crippen LogP contribution in [0.15, 0.2) is 65.2 Å². The first-order valence-electron chi connectivity index (χ1n) is 12.0. The highest BCUT2D eigenvalue weighted by atomic mass is 16.5. The molecule has 1 atom stereocenters. The van der Waals surface area contributed by atoms with Gasteiger partial charge in [-0.3, -0.25) is 9.69 Å². The van der Waals surface area contributed by atoms with Crippen LogP contribution < -0.4 is 0 Å². The number of amides is 1. The van der Waals surface area contributed by atoms with Crippen LogP contribution in [0.4, 0.5) is 0 Å². The van der Waals surface area contributed by atoms with Gasteiger partial charge in [-0.25, -0.2) is 0 Å². The highest BCUT2D eigenvalue weighted by molar-refractivity contribution is 5.76. The number of carbonyl (C=O) groups is 1. The normalized spacial score (nSPS) is 20.4. The molecule has 6 heteroatoms. The molecule has 0 aliphatic carbocycles. The Labute approximate surface area is 195 Å². The van der Waals surface area contributed by atoms with Crippen molar-refractivity contribution in [2.75, 3.05) is 26.7 Å². The Bertz CT molecular complexity index is 1060. The summed E-state index contributed by atoms with van der Waals surface area (Å²) in [6, 6.07) is 20.5. The number of aryl methyl sites for hydroxylation is 1. The van der Waals surface area contributed by atoms with E-state index in [1.807, 2.05) is 36.4 Å². The van der Waals surface area contributed by atoms with E-state index < -0.39 is 0 Å². The summed E-state index contributed by atoms with van der Waals surface area (Å²) in [4.78, 5) is 21.9. The Morgan fingerprint density at radius 3 is 2.48 bits per heavy atom. The van der Waals surface area contributed by atoms with E-state index in [9.17, 15) is 4.79 Å². The minimum atomic E-state index is 0.166. The first-order chi connectivity index (χ1) is 16.1. The summed E-state index contributed by atoms with van der Waals surface area (Å²) < 4.78 is 5.56. The molecule has 1 spiro atoms. The highest BCUT2D eigenvalue weighted by Gasteiger charge is 2.46. The number of likely N-dealkylation sites (tertiary alicyclic amines) is 2. The predicted octanol–water partition coefficient (Wildman–Crippen LogP) is 4.74. The molecule has 2 fully saturated rings. The third-order valence-corrected chi connectivity index (χ3v) is 7.38. The third kappa shape index (κ3) is 4.86. The van der Waals surface area contributed by atoms with Crippen molar-refractivity contribution in [1.29, 1.82) is 0 Å². The Morgan fingerprint density at radius 2 is 1.76 bits per heavy atom. The maximum absolute atomic E-state index is 12.8. The highest BCUT2D eigenvalue weighted by Crippen LogP contribution is 2.47. The van der Waals surface area contributed by atoms with E-state index in [4.69, 9.17) is 9.51 Å². The van der Waals surface area contributed by atoms with Gasteiger partial charge in [-0.05, 0) is 62.3 Å². The molecule has 0 saturated carbocycles. The standard InChI is InChI=1S/C27H32N4O2/c1-30-20-27(19-23(30)25-28-26(33-29-25)22-12-6-3-7-13-22)15-17-31(18-16-27)24(32)14-8-11-21-9-4-2-5-10-21/h2-7,9-10,12-13,23H,8,11,14-20H2,1H3. The molecule has 3 heterocycles. The molecule has 2 aliphatic heterocycles. The van der Waals surface area contributed by atoms with Gasteiger partial charge in [0.15, 0.2) is 5.82 Å². The Kier molecular flexibility index (Phi) is 6.27. The average Bonchev–Trinajstić information content (AvgIpc) is 3.46. The summed E-state index contributed by atoms with van der Waals surface area (Å²) in [6.45, 7) is 2.72. The van der Waals surface area contributed by atoms with Gasteiger partial charge in [0.2, 0.25) is 5.91 Å². The fourth-order valence-corrected chi connectivity index (χ4v) is 5.47. The third-order valence-electron chi connectivity index (χ3n) is 7.38. The monoisotopic (exact) mass is 444 g/mol. The van der Waals surface area contributed by atoms with E-state index in [1.54, 1.807) is 0 Å². The van der Waals surface area contributed by atoms with Crippen LogP contribution in [0.5, 0.6) is 0 Å². The van der Waals surface area contributed by atoms with Crippen molar-refractivity contribution < 1.29 is 9.32 Å². The number of aromatic nitrogens is 2. The summed E-state index contributed by atoms with van der Waals surface area (Å²) in [5, 5.41) is 4.31. The van der Waals surface area contributed by atoms with Gasteiger partial charge in [-0.2, -0.15) is 4.98 Å². The molecule has 5 rings (SSSR count). The summed E-state index contributed by atoms with van der Waals surface area (Å²) in [6.07, 6.45) is 5.62. The Hall–Kier alpha value is -2.99. The number of piperidine rings is 1. The molecule has 2 saturated heterocycles. The van der Waals surface area contributed by atoms with Crippen LogP contribution >= 0.6 is 0 Å². The molecule has 1 aromatic heterocycles. The van der Waals surface area contributed by atoms with Crippen molar-refractivity contribution in [3.8, 4) is 11.5 Å². The zero-order valence-corrected chi connectivity index (χ0v) is 19.3. The lowest BCUT2D eigenvalue weighted by Crippen LogP contribution is -2.44. The van der Waals surface area contributed by atoms with Crippen molar-refractivity contribution in [1.82, 2.24) is 19.9 Å². The molecule has 2 aliphatic rings. The van der Waals surface area contributed by atoms with Crippen molar-refractivity contribution in [3.05, 3.63) is 72.1 Å². The summed E-state index contributed by atoms with van der Waals surface area (Å²) in [5.41, 5.74) is 2.49. The van der Waals surface area contributed by atoms with Gasteiger partial charge in [-0.15, -0.1) is 0 Å². The minimum Gasteiger partial charge on any atom is -0.343 e. The van der Waals surface area contributed by atoms with Crippen molar-refractivity contribution >= 4 is 5.91 Å². The second-order valence-corrected chi connectivity index (χ2v) is 9.68. The number of nitrogens with zero attached hydrogens (tertiary/aromatic N) is 4. The maximum atomic E-state index is 12.8. The second kappa shape index (κ2) is 9.48. The topological polar surface area (TPSA) is 62.5 Å². The molecular formula is C27H32N4O2. The molecule has 1 amide bonds. The maximum Gasteiger partial charge on any atom is 0.257 e. The van der Waals surface area contributed by atoms with Crippen molar-refractivity contribution in [3.63, 3.8) is 0 Å². The number of hydrogen-bond acceptors (Lipinski definition) is 5. The van der Waals surface area contributed by atoms with E-state index in [0.29, 0.717) is 18.2 Å². The average molecular weight is 445 g/mol. The van der Waals surface area contributed by atoms with Crippen molar-refractivity contribution in [2.24, 2.45) is 5.41 Å². The molecule has 172 valence electrons. The van der Waals surface area contributed by atoms with Gasteiger partial charge in [0.25, 0.3) is 5.89 Å². The number of rotatable bonds is 6. The van der Waals surface area contributed by atoms with Crippen LogP contribution in [-0.2, 0) is 11.2 Å². The molecule has 0 N–H and O–H groups in total. The van der Waals surface area contributed by atoms with Crippen LogP contribution in [0.3, 0.4) is 0 Å². The van der Waals surface area contributed by atoms with E-state index in [-0.39, 0.29) is 11.5 Å².